The highest BCUT2D eigenvalue weighted by Gasteiger charge is 2.17. The Morgan fingerprint density at radius 2 is 0.821 bits per heavy atom. The lowest BCUT2D eigenvalue weighted by atomic mass is 10.1. The van der Waals surface area contributed by atoms with Gasteiger partial charge in [0.15, 0.2) is 0 Å². The second kappa shape index (κ2) is 14.5. The zero-order valence-electron chi connectivity index (χ0n) is 21.4. The van der Waals surface area contributed by atoms with Gasteiger partial charge in [-0.25, -0.2) is 0 Å². The fourth-order valence-corrected chi connectivity index (χ4v) is 3.64. The molecule has 0 N–H and O–H groups in total. The average molecular weight is 513 g/mol. The minimum Gasteiger partial charge on any atom is -0.425 e. The molecular formula is C35H28O4. The Balaban J connectivity index is 1.45. The van der Waals surface area contributed by atoms with E-state index in [2.05, 4.69) is 0 Å². The number of esters is 2. The molecule has 0 bridgehead atoms. The van der Waals surface area contributed by atoms with Crippen molar-refractivity contribution in [3.63, 3.8) is 0 Å². The molecule has 4 heteroatoms. The summed E-state index contributed by atoms with van der Waals surface area (Å²) in [5.41, 5.74) is 3.45. The number of hydrogen-bond donors (Lipinski definition) is 0. The van der Waals surface area contributed by atoms with Crippen LogP contribution in [0.4, 0.5) is 0 Å². The first-order valence-corrected chi connectivity index (χ1v) is 12.6. The van der Waals surface area contributed by atoms with Gasteiger partial charge in [0.25, 0.3) is 0 Å². The molecule has 0 aliphatic rings. The molecule has 4 aromatic carbocycles. The number of ether oxygens (including phenoxy) is 2. The molecule has 0 amide bonds. The molecule has 0 aromatic heterocycles. The number of carbonyl (C=O) groups is 2. The summed E-state index contributed by atoms with van der Waals surface area (Å²) in [6, 6.07) is 38.1. The lowest BCUT2D eigenvalue weighted by Gasteiger charge is -2.10. The lowest BCUT2D eigenvalue weighted by molar-refractivity contribution is -0.146. The van der Waals surface area contributed by atoms with Gasteiger partial charge in [-0.05, 0) is 23.3 Å². The molecule has 0 aliphatic heterocycles. The van der Waals surface area contributed by atoms with Gasteiger partial charge in [0.05, 0.1) is 0 Å². The van der Waals surface area contributed by atoms with Crippen LogP contribution in [0, 0.1) is 0 Å². The summed E-state index contributed by atoms with van der Waals surface area (Å²) in [4.78, 5) is 25.5. The SMILES string of the molecule is O=C(CC(=O)O/C(=C/C=C/c1ccccc1)c1ccccc1)O/C(=C/C=C/c1ccccc1)c1ccccc1. The van der Waals surface area contributed by atoms with Crippen LogP contribution in [0.25, 0.3) is 23.7 Å². The van der Waals surface area contributed by atoms with Gasteiger partial charge < -0.3 is 9.47 Å². The van der Waals surface area contributed by atoms with E-state index in [-0.39, 0.29) is 0 Å². The summed E-state index contributed by atoms with van der Waals surface area (Å²) in [6.07, 6.45) is 10.3. The third kappa shape index (κ3) is 8.99. The Morgan fingerprint density at radius 3 is 1.18 bits per heavy atom. The Labute approximate surface area is 228 Å². The third-order valence-corrected chi connectivity index (χ3v) is 5.52. The molecule has 0 saturated heterocycles. The number of carbonyl (C=O) groups excluding carboxylic acids is 2. The van der Waals surface area contributed by atoms with Crippen LogP contribution in [0.1, 0.15) is 28.7 Å². The van der Waals surface area contributed by atoms with Gasteiger partial charge >= 0.3 is 11.9 Å². The summed E-state index contributed by atoms with van der Waals surface area (Å²) in [6.45, 7) is 0. The van der Waals surface area contributed by atoms with Crippen LogP contribution in [0.5, 0.6) is 0 Å². The van der Waals surface area contributed by atoms with Crippen molar-refractivity contribution in [1.82, 2.24) is 0 Å². The Bertz CT molecular complexity index is 1350. The first-order chi connectivity index (χ1) is 19.2. The van der Waals surface area contributed by atoms with Crippen LogP contribution in [-0.2, 0) is 19.1 Å². The van der Waals surface area contributed by atoms with Gasteiger partial charge in [-0.3, -0.25) is 9.59 Å². The van der Waals surface area contributed by atoms with Crippen molar-refractivity contribution in [2.45, 2.75) is 6.42 Å². The predicted molar refractivity (Wildman–Crippen MR) is 157 cm³/mol. The van der Waals surface area contributed by atoms with E-state index in [0.717, 1.165) is 11.1 Å². The highest BCUT2D eigenvalue weighted by molar-refractivity contribution is 5.95. The van der Waals surface area contributed by atoms with Gasteiger partial charge in [0, 0.05) is 11.1 Å². The van der Waals surface area contributed by atoms with Gasteiger partial charge in [-0.15, -0.1) is 0 Å². The van der Waals surface area contributed by atoms with E-state index < -0.39 is 18.4 Å². The van der Waals surface area contributed by atoms with Crippen LogP contribution in [0.2, 0.25) is 0 Å². The molecular weight excluding hydrogens is 484 g/mol. The summed E-state index contributed by atoms with van der Waals surface area (Å²) in [7, 11) is 0. The highest BCUT2D eigenvalue weighted by atomic mass is 16.6. The van der Waals surface area contributed by atoms with Crippen molar-refractivity contribution in [2.75, 3.05) is 0 Å². The van der Waals surface area contributed by atoms with Crippen molar-refractivity contribution >= 4 is 35.6 Å². The van der Waals surface area contributed by atoms with E-state index in [1.165, 1.54) is 0 Å². The zero-order chi connectivity index (χ0) is 27.1. The first kappa shape index (κ1) is 26.8. The van der Waals surface area contributed by atoms with Crippen LogP contribution in [-0.4, -0.2) is 11.9 Å². The van der Waals surface area contributed by atoms with Gasteiger partial charge in [-0.2, -0.15) is 0 Å². The summed E-state index contributed by atoms with van der Waals surface area (Å²) < 4.78 is 11.2. The Morgan fingerprint density at radius 1 is 0.487 bits per heavy atom. The maximum atomic E-state index is 12.8. The standard InChI is InChI=1S/C35H28O4/c36-34(38-32(30-21-9-3-10-22-30)25-13-19-28-15-5-1-6-16-28)27-35(37)39-33(31-23-11-4-12-24-31)26-14-20-29-17-7-2-8-18-29/h1-26H,27H2/b19-13+,20-14+,32-25+,33-26+. The summed E-state index contributed by atoms with van der Waals surface area (Å²) in [5.74, 6) is -0.749. The number of hydrogen-bond acceptors (Lipinski definition) is 4. The van der Waals surface area contributed by atoms with E-state index in [1.807, 2.05) is 133 Å². The first-order valence-electron chi connectivity index (χ1n) is 12.6. The van der Waals surface area contributed by atoms with Crippen molar-refractivity contribution in [3.05, 3.63) is 168 Å². The predicted octanol–water partition coefficient (Wildman–Crippen LogP) is 7.97. The average Bonchev–Trinajstić information content (AvgIpc) is 2.98. The van der Waals surface area contributed by atoms with Crippen LogP contribution in [0.3, 0.4) is 0 Å². The zero-order valence-corrected chi connectivity index (χ0v) is 21.4. The monoisotopic (exact) mass is 512 g/mol. The molecule has 4 rings (SSSR count). The smallest absolute Gasteiger partial charge is 0.322 e. The molecule has 0 heterocycles. The molecule has 39 heavy (non-hydrogen) atoms. The van der Waals surface area contributed by atoms with Crippen molar-refractivity contribution in [1.29, 1.82) is 0 Å². The van der Waals surface area contributed by atoms with Crippen LogP contribution >= 0.6 is 0 Å². The molecule has 0 spiro atoms. The lowest BCUT2D eigenvalue weighted by Crippen LogP contribution is -2.13. The third-order valence-electron chi connectivity index (χ3n) is 5.52. The van der Waals surface area contributed by atoms with E-state index in [4.69, 9.17) is 9.47 Å². The molecule has 4 aromatic rings. The molecule has 0 unspecified atom stereocenters. The largest absolute Gasteiger partial charge is 0.425 e. The summed E-state index contributed by atoms with van der Waals surface area (Å²) >= 11 is 0. The Kier molecular flexibility index (Phi) is 9.98. The second-order valence-corrected chi connectivity index (χ2v) is 8.46. The molecule has 0 fully saturated rings. The number of benzene rings is 4. The maximum Gasteiger partial charge on any atom is 0.322 e. The molecule has 0 aliphatic carbocycles. The van der Waals surface area contributed by atoms with E-state index in [0.29, 0.717) is 22.6 Å². The molecule has 4 nitrogen and oxygen atoms in total. The van der Waals surface area contributed by atoms with Gasteiger partial charge in [0.2, 0.25) is 0 Å². The van der Waals surface area contributed by atoms with Gasteiger partial charge in [-0.1, -0.05) is 146 Å². The maximum absolute atomic E-state index is 12.8. The van der Waals surface area contributed by atoms with E-state index >= 15 is 0 Å². The minimum absolute atomic E-state index is 0.338. The van der Waals surface area contributed by atoms with Crippen LogP contribution in [0.15, 0.2) is 146 Å². The molecule has 0 atom stereocenters. The number of allylic oxidation sites excluding steroid dienone is 4. The van der Waals surface area contributed by atoms with Crippen LogP contribution < -0.4 is 0 Å². The highest BCUT2D eigenvalue weighted by Crippen LogP contribution is 2.20. The van der Waals surface area contributed by atoms with Crippen molar-refractivity contribution in [3.8, 4) is 0 Å². The second-order valence-electron chi connectivity index (χ2n) is 8.46. The van der Waals surface area contributed by atoms with Crippen molar-refractivity contribution in [2.24, 2.45) is 0 Å². The minimum atomic E-state index is -0.713. The topological polar surface area (TPSA) is 52.6 Å². The van der Waals surface area contributed by atoms with Crippen molar-refractivity contribution < 1.29 is 19.1 Å². The van der Waals surface area contributed by atoms with E-state index in [1.54, 1.807) is 24.3 Å². The van der Waals surface area contributed by atoms with Gasteiger partial charge in [0.1, 0.15) is 17.9 Å². The fraction of sp³-hybridized carbons (Fsp3) is 0.0286. The number of rotatable bonds is 10. The fourth-order valence-electron chi connectivity index (χ4n) is 3.64. The normalized spacial score (nSPS) is 12.0. The molecule has 0 saturated carbocycles. The molecule has 0 radical (unpaired) electrons. The summed E-state index contributed by atoms with van der Waals surface area (Å²) in [5, 5.41) is 0. The van der Waals surface area contributed by atoms with E-state index in [9.17, 15) is 9.59 Å². The molecule has 192 valence electrons. The quantitative estimate of drug-likeness (QED) is 0.0936. The Hall–Kier alpha value is -5.22.